The highest BCUT2D eigenvalue weighted by molar-refractivity contribution is 5.83. The Morgan fingerprint density at radius 1 is 1.06 bits per heavy atom. The van der Waals surface area contributed by atoms with Crippen LogP contribution in [0.2, 0.25) is 0 Å². The minimum atomic E-state index is -0.296. The zero-order chi connectivity index (χ0) is 21.4. The predicted molar refractivity (Wildman–Crippen MR) is 117 cm³/mol. The van der Waals surface area contributed by atoms with Crippen molar-refractivity contribution in [3.8, 4) is 34.9 Å². The average molecular weight is 411 g/mol. The third-order valence-electron chi connectivity index (χ3n) is 6.27. The molecule has 4 aromatic heterocycles. The van der Waals surface area contributed by atoms with E-state index in [4.69, 9.17) is 6.57 Å². The van der Waals surface area contributed by atoms with E-state index in [0.717, 1.165) is 53.5 Å². The zero-order valence-corrected chi connectivity index (χ0v) is 17.3. The Bertz CT molecular complexity index is 1300. The van der Waals surface area contributed by atoms with Crippen LogP contribution < -0.4 is 0 Å². The van der Waals surface area contributed by atoms with E-state index in [-0.39, 0.29) is 18.0 Å². The van der Waals surface area contributed by atoms with Crippen LogP contribution in [0.25, 0.3) is 32.6 Å². The summed E-state index contributed by atoms with van der Waals surface area (Å²) in [6.45, 7) is 5.46. The number of fused-ring (bicyclic) bond motifs is 1. The Hall–Kier alpha value is -3.91. The van der Waals surface area contributed by atoms with Crippen LogP contribution in [0.3, 0.4) is 0 Å². The van der Waals surface area contributed by atoms with Gasteiger partial charge in [-0.25, -0.2) is 4.52 Å². The van der Waals surface area contributed by atoms with Gasteiger partial charge in [0.2, 0.25) is 0 Å². The molecular weight excluding hydrogens is 388 g/mol. The fraction of sp³-hybridized carbons (Fsp3) is 0.348. The Morgan fingerprint density at radius 3 is 2.58 bits per heavy atom. The van der Waals surface area contributed by atoms with Crippen LogP contribution in [0.4, 0.5) is 0 Å². The largest absolute Gasteiger partial charge is 0.275 e. The smallest absolute Gasteiger partial charge is 0.272 e. The van der Waals surface area contributed by atoms with E-state index in [1.807, 2.05) is 53.3 Å². The van der Waals surface area contributed by atoms with Crippen molar-refractivity contribution in [2.24, 2.45) is 13.0 Å². The zero-order valence-electron chi connectivity index (χ0n) is 17.3. The average Bonchev–Trinajstić information content (AvgIpc) is 3.55. The van der Waals surface area contributed by atoms with Gasteiger partial charge in [0.25, 0.3) is 12.6 Å². The fourth-order valence-corrected chi connectivity index (χ4v) is 4.56. The molecule has 1 aliphatic carbocycles. The lowest BCUT2D eigenvalue weighted by molar-refractivity contribution is 0.271. The van der Waals surface area contributed by atoms with E-state index in [2.05, 4.69) is 32.3 Å². The molecule has 1 unspecified atom stereocenters. The molecule has 0 N–H and O–H groups in total. The van der Waals surface area contributed by atoms with Crippen molar-refractivity contribution in [1.82, 2.24) is 29.2 Å². The predicted octanol–water partition coefficient (Wildman–Crippen LogP) is 4.18. The summed E-state index contributed by atoms with van der Waals surface area (Å²) in [5.74, 6) is 0.257. The first-order valence-corrected chi connectivity index (χ1v) is 10.5. The summed E-state index contributed by atoms with van der Waals surface area (Å²) in [6.07, 6.45) is 15.1. The molecule has 31 heavy (non-hydrogen) atoms. The molecule has 0 aliphatic heterocycles. The van der Waals surface area contributed by atoms with E-state index in [0.29, 0.717) is 0 Å². The molecule has 4 aromatic rings. The number of pyridine rings is 1. The lowest BCUT2D eigenvalue weighted by atomic mass is 9.82. The molecule has 0 radical (unpaired) electrons. The molecule has 0 saturated heterocycles. The Balaban J connectivity index is 1.50. The molecule has 4 heterocycles. The first-order valence-electron chi connectivity index (χ1n) is 10.5. The van der Waals surface area contributed by atoms with Crippen molar-refractivity contribution >= 4 is 5.52 Å². The second-order valence-electron chi connectivity index (χ2n) is 8.21. The minimum absolute atomic E-state index is 0.217. The third-order valence-corrected chi connectivity index (χ3v) is 6.27. The van der Waals surface area contributed by atoms with Crippen molar-refractivity contribution in [3.63, 3.8) is 0 Å². The number of nitrogens with zero attached hydrogens (tertiary/aromatic N) is 8. The lowest BCUT2D eigenvalue weighted by Crippen LogP contribution is -2.24. The van der Waals surface area contributed by atoms with Gasteiger partial charge in [0.1, 0.15) is 6.04 Å². The van der Waals surface area contributed by atoms with Gasteiger partial charge >= 0.3 is 0 Å². The fourth-order valence-electron chi connectivity index (χ4n) is 4.56. The van der Waals surface area contributed by atoms with Gasteiger partial charge in [0, 0.05) is 66.9 Å². The molecule has 154 valence electrons. The standard InChI is InChI=1S/C23H23N8/c1-25-20-5-3-16(4-6-20)23(10-24)31-15-19(12-28-31)21-9-17(18-11-27-29(2)13-18)14-30-22(21)7-8-26-30/h1,7-9,11-16,20,23H,3-6H2,2H3/q+1/t16-,20+,23?. The van der Waals surface area contributed by atoms with Gasteiger partial charge in [-0.2, -0.15) is 20.6 Å². The van der Waals surface area contributed by atoms with Crippen LogP contribution in [0.1, 0.15) is 31.7 Å². The number of nitriles is 1. The minimum Gasteiger partial charge on any atom is -0.275 e. The maximum absolute atomic E-state index is 9.89. The van der Waals surface area contributed by atoms with E-state index < -0.39 is 0 Å². The highest BCUT2D eigenvalue weighted by atomic mass is 15.3. The van der Waals surface area contributed by atoms with E-state index in [1.54, 1.807) is 10.9 Å². The Morgan fingerprint density at radius 2 is 1.87 bits per heavy atom. The number of hydrogen-bond donors (Lipinski definition) is 0. The molecule has 0 aromatic carbocycles. The van der Waals surface area contributed by atoms with Gasteiger partial charge in [0.05, 0.1) is 24.0 Å². The molecule has 1 atom stereocenters. The highest BCUT2D eigenvalue weighted by Crippen LogP contribution is 2.35. The van der Waals surface area contributed by atoms with Crippen LogP contribution in [0.5, 0.6) is 0 Å². The molecule has 0 amide bonds. The first-order chi connectivity index (χ1) is 15.2. The van der Waals surface area contributed by atoms with Crippen LogP contribution in [-0.4, -0.2) is 35.2 Å². The summed E-state index contributed by atoms with van der Waals surface area (Å²) in [6, 6.07) is 6.50. The monoisotopic (exact) mass is 411 g/mol. The van der Waals surface area contributed by atoms with Crippen LogP contribution in [0, 0.1) is 23.8 Å². The van der Waals surface area contributed by atoms with E-state index >= 15 is 0 Å². The second-order valence-corrected chi connectivity index (χ2v) is 8.21. The van der Waals surface area contributed by atoms with Crippen molar-refractivity contribution in [3.05, 3.63) is 54.2 Å². The Kier molecular flexibility index (Phi) is 4.76. The van der Waals surface area contributed by atoms with Crippen LogP contribution in [-0.2, 0) is 7.05 Å². The summed E-state index contributed by atoms with van der Waals surface area (Å²) < 4.78 is 5.46. The summed E-state index contributed by atoms with van der Waals surface area (Å²) in [4.78, 5) is 3.92. The number of aryl methyl sites for hydroxylation is 1. The summed E-state index contributed by atoms with van der Waals surface area (Å²) in [5.41, 5.74) is 5.01. The van der Waals surface area contributed by atoms with Gasteiger partial charge in [-0.05, 0) is 30.9 Å². The van der Waals surface area contributed by atoms with E-state index in [9.17, 15) is 5.26 Å². The van der Waals surface area contributed by atoms with Crippen LogP contribution in [0.15, 0.2) is 49.3 Å². The van der Waals surface area contributed by atoms with E-state index in [1.165, 1.54) is 0 Å². The molecule has 0 bridgehead atoms. The third kappa shape index (κ3) is 3.47. The molecule has 1 fully saturated rings. The Labute approximate surface area is 180 Å². The summed E-state index contributed by atoms with van der Waals surface area (Å²) in [7, 11) is 1.90. The molecule has 8 nitrogen and oxygen atoms in total. The van der Waals surface area contributed by atoms with Gasteiger partial charge in [-0.15, -0.1) is 0 Å². The van der Waals surface area contributed by atoms with Crippen molar-refractivity contribution in [2.45, 2.75) is 37.8 Å². The van der Waals surface area contributed by atoms with Crippen molar-refractivity contribution < 1.29 is 0 Å². The quantitative estimate of drug-likeness (QED) is 0.504. The maximum Gasteiger partial charge on any atom is 0.272 e. The summed E-state index contributed by atoms with van der Waals surface area (Å²) in [5, 5.41) is 23.2. The van der Waals surface area contributed by atoms with Crippen LogP contribution >= 0.6 is 0 Å². The molecule has 8 heteroatoms. The van der Waals surface area contributed by atoms with Crippen molar-refractivity contribution in [2.75, 3.05) is 0 Å². The first kappa shape index (κ1) is 19.1. The molecular formula is C23H23N8+. The number of hydrogen-bond acceptors (Lipinski definition) is 4. The molecule has 1 aliphatic rings. The molecule has 1 saturated carbocycles. The summed E-state index contributed by atoms with van der Waals surface area (Å²) >= 11 is 0. The topological polar surface area (TPSA) is 81.1 Å². The van der Waals surface area contributed by atoms with Gasteiger partial charge in [0.15, 0.2) is 0 Å². The number of rotatable bonds is 4. The second kappa shape index (κ2) is 7.73. The molecule has 0 spiro atoms. The number of aromatic nitrogens is 6. The SMILES string of the molecule is C#[N+][C@H]1CC[C@@H](C(C#N)n2cc(-c3cc(-c4cnn(C)c4)cn4nccc34)cn2)CC1. The maximum atomic E-state index is 9.89. The normalized spacial score (nSPS) is 19.7. The van der Waals surface area contributed by atoms with Gasteiger partial charge in [-0.1, -0.05) is 4.85 Å². The highest BCUT2D eigenvalue weighted by Gasteiger charge is 2.32. The van der Waals surface area contributed by atoms with Crippen molar-refractivity contribution in [1.29, 1.82) is 5.26 Å². The lowest BCUT2D eigenvalue weighted by Gasteiger charge is -2.25. The van der Waals surface area contributed by atoms with Gasteiger partial charge < -0.3 is 0 Å². The molecule has 5 rings (SSSR count). The van der Waals surface area contributed by atoms with Gasteiger partial charge in [-0.3, -0.25) is 9.36 Å².